The Morgan fingerprint density at radius 3 is 2.03 bits per heavy atom. The van der Waals surface area contributed by atoms with Gasteiger partial charge in [-0.25, -0.2) is 4.79 Å². The van der Waals surface area contributed by atoms with Crippen LogP contribution in [-0.4, -0.2) is 30.1 Å². The zero-order valence-electron chi connectivity index (χ0n) is 18.1. The molecule has 0 heterocycles. The average molecular weight is 397 g/mol. The first kappa shape index (κ1) is 22.5. The van der Waals surface area contributed by atoms with Crippen molar-refractivity contribution in [1.82, 2.24) is 4.90 Å². The molecule has 0 aliphatic carbocycles. The van der Waals surface area contributed by atoms with Crippen LogP contribution in [0.4, 0.5) is 10.5 Å². The van der Waals surface area contributed by atoms with Crippen LogP contribution in [0.1, 0.15) is 63.1 Å². The van der Waals surface area contributed by atoms with Crippen molar-refractivity contribution in [2.75, 3.05) is 18.5 Å². The van der Waals surface area contributed by atoms with Crippen LogP contribution in [0, 0.1) is 0 Å². The minimum atomic E-state index is -0.417. The van der Waals surface area contributed by atoms with Gasteiger partial charge in [0.05, 0.1) is 6.61 Å². The largest absolute Gasteiger partial charge is 0.465 e. The van der Waals surface area contributed by atoms with Gasteiger partial charge in [-0.2, -0.15) is 0 Å². The zero-order valence-corrected chi connectivity index (χ0v) is 18.1. The quantitative estimate of drug-likeness (QED) is 0.597. The highest BCUT2D eigenvalue weighted by atomic mass is 16.5. The summed E-state index contributed by atoms with van der Waals surface area (Å²) < 4.78 is 5.07. The summed E-state index contributed by atoms with van der Waals surface area (Å²) in [6.45, 7) is 10.7. The molecule has 2 amide bonds. The molecule has 2 aromatic carbocycles. The first-order chi connectivity index (χ1) is 13.8. The molecule has 5 heteroatoms. The van der Waals surface area contributed by atoms with Gasteiger partial charge >= 0.3 is 12.0 Å². The lowest BCUT2D eigenvalue weighted by Crippen LogP contribution is -2.39. The second kappa shape index (κ2) is 10.6. The van der Waals surface area contributed by atoms with Crippen molar-refractivity contribution in [1.29, 1.82) is 0 Å². The van der Waals surface area contributed by atoms with Gasteiger partial charge in [0.2, 0.25) is 0 Å². The normalized spacial score (nSPS) is 10.9. The number of hydrogen-bond donors (Lipinski definition) is 1. The van der Waals surface area contributed by atoms with Crippen molar-refractivity contribution in [2.45, 2.75) is 53.0 Å². The monoisotopic (exact) mass is 396 g/mol. The van der Waals surface area contributed by atoms with E-state index in [4.69, 9.17) is 4.74 Å². The molecule has 0 spiro atoms. The van der Waals surface area contributed by atoms with E-state index >= 15 is 0 Å². The fourth-order valence-corrected chi connectivity index (χ4v) is 3.25. The third kappa shape index (κ3) is 6.34. The van der Waals surface area contributed by atoms with E-state index in [2.05, 4.69) is 33.0 Å². The Hall–Kier alpha value is -2.82. The number of benzene rings is 2. The maximum Gasteiger partial charge on any atom is 0.325 e. The number of carbonyl (C=O) groups is 2. The molecule has 2 aromatic rings. The summed E-state index contributed by atoms with van der Waals surface area (Å²) in [6, 6.07) is 15.4. The summed E-state index contributed by atoms with van der Waals surface area (Å²) in [5, 5.41) is 3.09. The second-order valence-electron chi connectivity index (χ2n) is 7.70. The number of anilines is 1. The molecule has 0 saturated heterocycles. The number of urea groups is 1. The van der Waals surface area contributed by atoms with Crippen LogP contribution >= 0.6 is 0 Å². The van der Waals surface area contributed by atoms with Crippen LogP contribution in [0.5, 0.6) is 0 Å². The fourth-order valence-electron chi connectivity index (χ4n) is 3.25. The summed E-state index contributed by atoms with van der Waals surface area (Å²) in [5.41, 5.74) is 3.96. The predicted octanol–water partition coefficient (Wildman–Crippen LogP) is 5.53. The van der Waals surface area contributed by atoms with Gasteiger partial charge in [0.1, 0.15) is 6.54 Å². The molecule has 0 aromatic heterocycles. The van der Waals surface area contributed by atoms with Crippen molar-refractivity contribution in [3.63, 3.8) is 0 Å². The Labute approximate surface area is 174 Å². The summed E-state index contributed by atoms with van der Waals surface area (Å²) in [5.74, 6) is 0.105. The molecule has 1 N–H and O–H groups in total. The van der Waals surface area contributed by atoms with E-state index in [0.29, 0.717) is 6.54 Å². The second-order valence-corrected chi connectivity index (χ2v) is 7.70. The number of carbonyl (C=O) groups excluding carboxylic acids is 2. The molecule has 0 atom stereocenters. The molecule has 156 valence electrons. The third-order valence-corrected chi connectivity index (χ3v) is 4.73. The fraction of sp³-hybridized carbons (Fsp3) is 0.417. The van der Waals surface area contributed by atoms with Gasteiger partial charge in [0, 0.05) is 12.2 Å². The standard InChI is InChI=1S/C24H32N2O3/c1-6-29-22(27)16-26(15-19-11-8-7-9-12-19)24(28)25-23-20(17(2)3)13-10-14-21(23)18(4)5/h7-14,17-18H,6,15-16H2,1-5H3,(H,25,28). The number of rotatable bonds is 8. The Morgan fingerprint density at radius 1 is 0.931 bits per heavy atom. The van der Waals surface area contributed by atoms with Gasteiger partial charge < -0.3 is 15.0 Å². The molecule has 2 rings (SSSR count). The molecule has 0 aliphatic heterocycles. The molecule has 5 nitrogen and oxygen atoms in total. The van der Waals surface area contributed by atoms with Gasteiger partial charge in [0.15, 0.2) is 0 Å². The van der Waals surface area contributed by atoms with Gasteiger partial charge in [-0.3, -0.25) is 4.79 Å². The minimum Gasteiger partial charge on any atom is -0.465 e. The van der Waals surface area contributed by atoms with Crippen LogP contribution in [0.25, 0.3) is 0 Å². The predicted molar refractivity (Wildman–Crippen MR) is 117 cm³/mol. The van der Waals surface area contributed by atoms with Crippen LogP contribution in [-0.2, 0) is 16.1 Å². The van der Waals surface area contributed by atoms with Crippen LogP contribution in [0.3, 0.4) is 0 Å². The van der Waals surface area contributed by atoms with E-state index in [1.807, 2.05) is 48.5 Å². The lowest BCUT2D eigenvalue weighted by Gasteiger charge is -2.25. The minimum absolute atomic E-state index is 0.102. The summed E-state index contributed by atoms with van der Waals surface area (Å²) in [6.07, 6.45) is 0. The number of esters is 1. The highest BCUT2D eigenvalue weighted by Gasteiger charge is 2.22. The van der Waals surface area contributed by atoms with Crippen LogP contribution in [0.2, 0.25) is 0 Å². The van der Waals surface area contributed by atoms with Crippen molar-refractivity contribution >= 4 is 17.7 Å². The van der Waals surface area contributed by atoms with Gasteiger partial charge in [-0.1, -0.05) is 76.2 Å². The lowest BCUT2D eigenvalue weighted by molar-refractivity contribution is -0.143. The molecular formula is C24H32N2O3. The topological polar surface area (TPSA) is 58.6 Å². The average Bonchev–Trinajstić information content (AvgIpc) is 2.68. The van der Waals surface area contributed by atoms with E-state index in [-0.39, 0.29) is 31.0 Å². The molecule has 29 heavy (non-hydrogen) atoms. The summed E-state index contributed by atoms with van der Waals surface area (Å²) >= 11 is 0. The highest BCUT2D eigenvalue weighted by Crippen LogP contribution is 2.32. The SMILES string of the molecule is CCOC(=O)CN(Cc1ccccc1)C(=O)Nc1c(C(C)C)cccc1C(C)C. The first-order valence-electron chi connectivity index (χ1n) is 10.2. The van der Waals surface area contributed by atoms with Gasteiger partial charge in [0.25, 0.3) is 0 Å². The number of nitrogens with one attached hydrogen (secondary N) is 1. The Morgan fingerprint density at radius 2 is 1.52 bits per heavy atom. The summed E-state index contributed by atoms with van der Waals surface area (Å²) in [4.78, 5) is 26.8. The van der Waals surface area contributed by atoms with Crippen molar-refractivity contribution < 1.29 is 14.3 Å². The van der Waals surface area contributed by atoms with Crippen LogP contribution in [0.15, 0.2) is 48.5 Å². The maximum absolute atomic E-state index is 13.2. The number of amides is 2. The highest BCUT2D eigenvalue weighted by molar-refractivity contribution is 5.93. The summed E-state index contributed by atoms with van der Waals surface area (Å²) in [7, 11) is 0. The smallest absolute Gasteiger partial charge is 0.325 e. The molecule has 0 aliphatic rings. The van der Waals surface area contributed by atoms with Crippen molar-refractivity contribution in [3.8, 4) is 0 Å². The van der Waals surface area contributed by atoms with Gasteiger partial charge in [-0.15, -0.1) is 0 Å². The number of ether oxygens (including phenoxy) is 1. The van der Waals surface area contributed by atoms with E-state index < -0.39 is 5.97 Å². The van der Waals surface area contributed by atoms with E-state index in [1.54, 1.807) is 6.92 Å². The van der Waals surface area contributed by atoms with E-state index in [0.717, 1.165) is 22.4 Å². The Balaban J connectivity index is 2.32. The maximum atomic E-state index is 13.2. The Kier molecular flexibility index (Phi) is 8.25. The molecule has 0 bridgehead atoms. The van der Waals surface area contributed by atoms with Crippen molar-refractivity contribution in [2.24, 2.45) is 0 Å². The lowest BCUT2D eigenvalue weighted by atomic mass is 9.93. The third-order valence-electron chi connectivity index (χ3n) is 4.73. The number of nitrogens with zero attached hydrogens (tertiary/aromatic N) is 1. The van der Waals surface area contributed by atoms with Gasteiger partial charge in [-0.05, 0) is 35.4 Å². The molecule has 0 saturated carbocycles. The first-order valence-corrected chi connectivity index (χ1v) is 10.2. The zero-order chi connectivity index (χ0) is 21.4. The number of hydrogen-bond acceptors (Lipinski definition) is 3. The Bertz CT molecular complexity index is 790. The van der Waals surface area contributed by atoms with Crippen molar-refractivity contribution in [3.05, 3.63) is 65.2 Å². The van der Waals surface area contributed by atoms with E-state index in [9.17, 15) is 9.59 Å². The molecule has 0 unspecified atom stereocenters. The molecule has 0 fully saturated rings. The van der Waals surface area contributed by atoms with Crippen LogP contribution < -0.4 is 5.32 Å². The number of para-hydroxylation sites is 1. The van der Waals surface area contributed by atoms with E-state index in [1.165, 1.54) is 4.90 Å². The molecule has 0 radical (unpaired) electrons. The molecular weight excluding hydrogens is 364 g/mol.